The lowest BCUT2D eigenvalue weighted by molar-refractivity contribution is -0.124. The average molecular weight is 477 g/mol. The molecule has 178 valence electrons. The van der Waals surface area contributed by atoms with Crippen molar-refractivity contribution >= 4 is 22.9 Å². The number of carbonyl (C=O) groups is 1. The molecule has 1 aromatic heterocycles. The molecular formula is C26H21F2N3O4. The highest BCUT2D eigenvalue weighted by molar-refractivity contribution is 5.90. The van der Waals surface area contributed by atoms with Gasteiger partial charge >= 0.3 is 5.69 Å². The number of carbonyl (C=O) groups excluding carboxylic acids is 1. The summed E-state index contributed by atoms with van der Waals surface area (Å²) >= 11 is 0. The van der Waals surface area contributed by atoms with Crippen molar-refractivity contribution in [3.63, 3.8) is 0 Å². The third-order valence-corrected chi connectivity index (χ3v) is 5.58. The molecule has 0 spiro atoms. The summed E-state index contributed by atoms with van der Waals surface area (Å²) in [6, 6.07) is 16.4. The molecule has 0 unspecified atom stereocenters. The Kier molecular flexibility index (Phi) is 6.98. The van der Waals surface area contributed by atoms with Crippen LogP contribution in [0.4, 0.5) is 8.78 Å². The van der Waals surface area contributed by atoms with Gasteiger partial charge in [0, 0.05) is 12.6 Å². The van der Waals surface area contributed by atoms with E-state index in [4.69, 9.17) is 5.21 Å². The zero-order valence-corrected chi connectivity index (χ0v) is 18.4. The van der Waals surface area contributed by atoms with E-state index < -0.39 is 23.0 Å². The number of rotatable bonds is 7. The highest BCUT2D eigenvalue weighted by Crippen LogP contribution is 2.14. The van der Waals surface area contributed by atoms with Crippen LogP contribution in [0.15, 0.2) is 82.4 Å². The summed E-state index contributed by atoms with van der Waals surface area (Å²) in [5, 5.41) is 8.77. The lowest BCUT2D eigenvalue weighted by atomic mass is 10.1. The van der Waals surface area contributed by atoms with E-state index in [1.807, 2.05) is 0 Å². The molecule has 0 saturated heterocycles. The number of hydrogen-bond donors (Lipinski definition) is 2. The van der Waals surface area contributed by atoms with Crippen molar-refractivity contribution in [2.45, 2.75) is 19.5 Å². The molecule has 0 aliphatic rings. The Morgan fingerprint density at radius 3 is 2.23 bits per heavy atom. The maximum absolute atomic E-state index is 14.0. The zero-order valence-electron chi connectivity index (χ0n) is 18.4. The van der Waals surface area contributed by atoms with Gasteiger partial charge in [0.25, 0.3) is 11.5 Å². The summed E-state index contributed by atoms with van der Waals surface area (Å²) < 4.78 is 29.7. The molecule has 3 aromatic carbocycles. The van der Waals surface area contributed by atoms with Gasteiger partial charge in [-0.05, 0) is 59.5 Å². The maximum atomic E-state index is 14.0. The lowest BCUT2D eigenvalue weighted by Gasteiger charge is -2.15. The van der Waals surface area contributed by atoms with Crippen LogP contribution in [0.1, 0.15) is 16.7 Å². The van der Waals surface area contributed by atoms with Crippen molar-refractivity contribution < 1.29 is 18.8 Å². The molecule has 2 N–H and O–H groups in total. The number of aryl methyl sites for hydroxylation is 1. The molecule has 0 radical (unpaired) electrons. The number of aromatic nitrogens is 2. The Labute approximate surface area is 198 Å². The van der Waals surface area contributed by atoms with Gasteiger partial charge in [0.2, 0.25) is 0 Å². The molecule has 9 heteroatoms. The molecular weight excluding hydrogens is 456 g/mol. The SMILES string of the molecule is O=C(/C=C/c1ccc(Cn2c(=O)n(CCc3ccc(F)cc3)c(=O)c3ccc(F)cc32)cc1)NO. The predicted molar refractivity (Wildman–Crippen MR) is 127 cm³/mol. The number of halogens is 2. The van der Waals surface area contributed by atoms with Gasteiger partial charge in [0.1, 0.15) is 11.6 Å². The highest BCUT2D eigenvalue weighted by Gasteiger charge is 2.14. The predicted octanol–water partition coefficient (Wildman–Crippen LogP) is 3.25. The number of hydrogen-bond acceptors (Lipinski definition) is 4. The van der Waals surface area contributed by atoms with Crippen molar-refractivity contribution in [1.29, 1.82) is 0 Å². The third-order valence-electron chi connectivity index (χ3n) is 5.58. The van der Waals surface area contributed by atoms with E-state index in [-0.39, 0.29) is 29.8 Å². The maximum Gasteiger partial charge on any atom is 0.331 e. The molecule has 0 bridgehead atoms. The zero-order chi connectivity index (χ0) is 24.9. The topological polar surface area (TPSA) is 93.3 Å². The van der Waals surface area contributed by atoms with Gasteiger partial charge in [-0.15, -0.1) is 0 Å². The molecule has 0 fully saturated rings. The first kappa shape index (κ1) is 23.8. The molecule has 4 rings (SSSR count). The largest absolute Gasteiger partial charge is 0.331 e. The van der Waals surface area contributed by atoms with Crippen LogP contribution in [0.25, 0.3) is 17.0 Å². The fourth-order valence-electron chi connectivity index (χ4n) is 3.76. The van der Waals surface area contributed by atoms with E-state index >= 15 is 0 Å². The van der Waals surface area contributed by atoms with Crippen LogP contribution < -0.4 is 16.7 Å². The number of hydroxylamine groups is 1. The Morgan fingerprint density at radius 1 is 0.886 bits per heavy atom. The van der Waals surface area contributed by atoms with Gasteiger partial charge in [-0.1, -0.05) is 36.4 Å². The van der Waals surface area contributed by atoms with Gasteiger partial charge in [0.05, 0.1) is 17.4 Å². The van der Waals surface area contributed by atoms with Crippen molar-refractivity contribution in [2.24, 2.45) is 0 Å². The normalized spacial score (nSPS) is 11.3. The molecule has 1 amide bonds. The van der Waals surface area contributed by atoms with Crippen molar-refractivity contribution in [3.05, 3.63) is 122 Å². The summed E-state index contributed by atoms with van der Waals surface area (Å²) in [5.41, 5.74) is 2.74. The Bertz CT molecular complexity index is 1520. The van der Waals surface area contributed by atoms with Crippen LogP contribution in [-0.4, -0.2) is 20.2 Å². The van der Waals surface area contributed by atoms with Gasteiger partial charge in [-0.25, -0.2) is 19.1 Å². The van der Waals surface area contributed by atoms with Gasteiger partial charge < -0.3 is 0 Å². The molecule has 0 aliphatic heterocycles. The molecule has 0 aliphatic carbocycles. The number of fused-ring (bicyclic) bond motifs is 1. The average Bonchev–Trinajstić information content (AvgIpc) is 2.86. The van der Waals surface area contributed by atoms with Gasteiger partial charge in [-0.2, -0.15) is 0 Å². The molecule has 4 aromatic rings. The highest BCUT2D eigenvalue weighted by atomic mass is 19.1. The Balaban J connectivity index is 1.70. The van der Waals surface area contributed by atoms with Crippen LogP contribution >= 0.6 is 0 Å². The van der Waals surface area contributed by atoms with Crippen molar-refractivity contribution in [1.82, 2.24) is 14.6 Å². The second-order valence-electron chi connectivity index (χ2n) is 7.91. The summed E-state index contributed by atoms with van der Waals surface area (Å²) in [7, 11) is 0. The second kappa shape index (κ2) is 10.3. The minimum Gasteiger partial charge on any atom is -0.289 e. The number of benzene rings is 3. The van der Waals surface area contributed by atoms with Crippen LogP contribution in [0.3, 0.4) is 0 Å². The lowest BCUT2D eigenvalue weighted by Crippen LogP contribution is -2.40. The first-order valence-corrected chi connectivity index (χ1v) is 10.7. The number of nitrogens with zero attached hydrogens (tertiary/aromatic N) is 2. The first-order chi connectivity index (χ1) is 16.9. The van der Waals surface area contributed by atoms with Crippen molar-refractivity contribution in [3.8, 4) is 0 Å². The van der Waals surface area contributed by atoms with Gasteiger partial charge in [0.15, 0.2) is 0 Å². The van der Waals surface area contributed by atoms with E-state index in [2.05, 4.69) is 0 Å². The smallest absolute Gasteiger partial charge is 0.289 e. The molecule has 0 atom stereocenters. The molecule has 1 heterocycles. The fraction of sp³-hybridized carbons (Fsp3) is 0.115. The summed E-state index contributed by atoms with van der Waals surface area (Å²) in [6.07, 6.45) is 3.00. The minimum atomic E-state index is -0.669. The number of amides is 1. The fourth-order valence-corrected chi connectivity index (χ4v) is 3.76. The quantitative estimate of drug-likeness (QED) is 0.243. The third kappa shape index (κ3) is 5.42. The van der Waals surface area contributed by atoms with Crippen molar-refractivity contribution in [2.75, 3.05) is 0 Å². The summed E-state index contributed by atoms with van der Waals surface area (Å²) in [4.78, 5) is 37.5. The molecule has 35 heavy (non-hydrogen) atoms. The van der Waals surface area contributed by atoms with E-state index in [0.717, 1.165) is 22.3 Å². The standard InChI is InChI=1S/C26H21F2N3O4/c27-20-8-5-18(6-9-20)13-14-30-25(33)22-11-10-21(28)15-23(22)31(26(30)34)16-19-3-1-17(2-4-19)7-12-24(32)29-35/h1-12,15,35H,13-14,16H2,(H,29,32)/b12-7+. The molecule has 7 nitrogen and oxygen atoms in total. The first-order valence-electron chi connectivity index (χ1n) is 10.7. The van der Waals surface area contributed by atoms with Crippen LogP contribution in [0, 0.1) is 11.6 Å². The van der Waals surface area contributed by atoms with E-state index in [1.54, 1.807) is 36.4 Å². The summed E-state index contributed by atoms with van der Waals surface area (Å²) in [6.45, 7) is 0.157. The van der Waals surface area contributed by atoms with Crippen LogP contribution in [0.5, 0.6) is 0 Å². The monoisotopic (exact) mass is 477 g/mol. The number of nitrogens with one attached hydrogen (secondary N) is 1. The molecule has 0 saturated carbocycles. The second-order valence-corrected chi connectivity index (χ2v) is 7.91. The Morgan fingerprint density at radius 2 is 1.54 bits per heavy atom. The van der Waals surface area contributed by atoms with Crippen LogP contribution in [-0.2, 0) is 24.3 Å². The van der Waals surface area contributed by atoms with E-state index in [0.29, 0.717) is 17.5 Å². The van der Waals surface area contributed by atoms with E-state index in [9.17, 15) is 23.2 Å². The minimum absolute atomic E-state index is 0.0767. The Hall–Kier alpha value is -4.37. The summed E-state index contributed by atoms with van der Waals surface area (Å²) in [5.74, 6) is -1.62. The van der Waals surface area contributed by atoms with Crippen LogP contribution in [0.2, 0.25) is 0 Å². The van der Waals surface area contributed by atoms with Gasteiger partial charge in [-0.3, -0.25) is 23.9 Å². The van der Waals surface area contributed by atoms with E-state index in [1.165, 1.54) is 40.4 Å².